The third kappa shape index (κ3) is 6.83. The summed E-state index contributed by atoms with van der Waals surface area (Å²) < 4.78 is 30.4. The van der Waals surface area contributed by atoms with Gasteiger partial charge >= 0.3 is 10.1 Å². The van der Waals surface area contributed by atoms with Crippen molar-refractivity contribution >= 4 is 27.2 Å². The minimum absolute atomic E-state index is 0.0995. The van der Waals surface area contributed by atoms with E-state index in [1.807, 2.05) is 19.9 Å². The number of pyridine rings is 1. The lowest BCUT2D eigenvalue weighted by molar-refractivity contribution is 0.310. The molecule has 2 rings (SSSR count). The van der Waals surface area contributed by atoms with Crippen molar-refractivity contribution in [3.8, 4) is 10.4 Å². The number of aryl methyl sites for hydroxylation is 2. The molecular weight excluding hydrogens is 434 g/mol. The van der Waals surface area contributed by atoms with Gasteiger partial charge in [0.15, 0.2) is 0 Å². The van der Waals surface area contributed by atoms with Gasteiger partial charge in [-0.05, 0) is 57.4 Å². The van der Waals surface area contributed by atoms with Crippen LogP contribution in [0.1, 0.15) is 51.3 Å². The van der Waals surface area contributed by atoms with Crippen molar-refractivity contribution in [2.24, 2.45) is 5.92 Å². The number of H-pyrrole nitrogens is 1. The van der Waals surface area contributed by atoms with Gasteiger partial charge in [0.05, 0.1) is 6.61 Å². The Morgan fingerprint density at radius 2 is 2.03 bits per heavy atom. The number of thiophene rings is 1. The summed E-state index contributed by atoms with van der Waals surface area (Å²) in [5.74, 6) is 0.226. The Bertz CT molecular complexity index is 1040. The SMILES string of the molecule is CCC(=N)C(CC)CNCCCOS(=O)(=O)c1ccc(-c2cc(CC)c(=O)[nH]c2C)s1. The number of hydrogen-bond acceptors (Lipinski definition) is 7. The summed E-state index contributed by atoms with van der Waals surface area (Å²) >= 11 is 1.14. The molecule has 0 amide bonds. The van der Waals surface area contributed by atoms with Crippen LogP contribution >= 0.6 is 11.3 Å². The van der Waals surface area contributed by atoms with Gasteiger partial charge < -0.3 is 15.7 Å². The molecule has 172 valence electrons. The predicted octanol–water partition coefficient (Wildman–Crippen LogP) is 4.12. The average Bonchev–Trinajstić information content (AvgIpc) is 3.24. The molecular formula is C22H33N3O4S2. The van der Waals surface area contributed by atoms with Crippen molar-refractivity contribution in [2.75, 3.05) is 19.7 Å². The summed E-state index contributed by atoms with van der Waals surface area (Å²) in [5, 5.41) is 11.2. The fraction of sp³-hybridized carbons (Fsp3) is 0.545. The van der Waals surface area contributed by atoms with E-state index in [1.165, 1.54) is 0 Å². The lowest BCUT2D eigenvalue weighted by Crippen LogP contribution is -2.28. The first-order chi connectivity index (χ1) is 14.7. The Morgan fingerprint density at radius 3 is 2.68 bits per heavy atom. The first kappa shape index (κ1) is 25.5. The minimum Gasteiger partial charge on any atom is -0.326 e. The molecule has 0 aromatic carbocycles. The predicted molar refractivity (Wildman–Crippen MR) is 127 cm³/mol. The lowest BCUT2D eigenvalue weighted by atomic mass is 9.98. The van der Waals surface area contributed by atoms with E-state index in [1.54, 1.807) is 19.1 Å². The summed E-state index contributed by atoms with van der Waals surface area (Å²) in [6.07, 6.45) is 2.84. The Hall–Kier alpha value is -1.81. The Morgan fingerprint density at radius 1 is 1.29 bits per heavy atom. The van der Waals surface area contributed by atoms with Crippen LogP contribution in [0.2, 0.25) is 0 Å². The van der Waals surface area contributed by atoms with Crippen LogP contribution in [0.3, 0.4) is 0 Å². The molecule has 31 heavy (non-hydrogen) atoms. The van der Waals surface area contributed by atoms with Crippen molar-refractivity contribution in [3.05, 3.63) is 39.8 Å². The van der Waals surface area contributed by atoms with E-state index in [2.05, 4.69) is 17.2 Å². The Balaban J connectivity index is 1.92. The highest BCUT2D eigenvalue weighted by Crippen LogP contribution is 2.33. The molecule has 0 aliphatic heterocycles. The standard InChI is InChI=1S/C22H33N3O4S2/c1-5-16-13-18(15(4)25-22(16)26)20-9-10-21(30-20)31(27,28)29-12-8-11-24-14-17(6-2)19(23)7-3/h9-10,13,17,23-24H,5-8,11-12,14H2,1-4H3,(H,25,26). The van der Waals surface area contributed by atoms with Crippen molar-refractivity contribution in [1.29, 1.82) is 5.41 Å². The molecule has 9 heteroatoms. The van der Waals surface area contributed by atoms with Crippen molar-refractivity contribution in [1.82, 2.24) is 10.3 Å². The van der Waals surface area contributed by atoms with Gasteiger partial charge in [0, 0.05) is 39.9 Å². The van der Waals surface area contributed by atoms with Crippen molar-refractivity contribution < 1.29 is 12.6 Å². The van der Waals surface area contributed by atoms with Crippen LogP contribution in [-0.4, -0.2) is 38.8 Å². The number of aromatic nitrogens is 1. The first-order valence-corrected chi connectivity index (χ1v) is 13.0. The fourth-order valence-electron chi connectivity index (χ4n) is 3.29. The van der Waals surface area contributed by atoms with Gasteiger partial charge in [-0.2, -0.15) is 8.42 Å². The van der Waals surface area contributed by atoms with Crippen LogP contribution in [-0.2, 0) is 20.7 Å². The minimum atomic E-state index is -3.83. The second-order valence-electron chi connectivity index (χ2n) is 7.45. The van der Waals surface area contributed by atoms with Crippen LogP contribution in [0.25, 0.3) is 10.4 Å². The molecule has 7 nitrogen and oxygen atoms in total. The molecule has 1 atom stereocenters. The first-order valence-electron chi connectivity index (χ1n) is 10.7. The van der Waals surface area contributed by atoms with Crippen molar-refractivity contribution in [3.63, 3.8) is 0 Å². The van der Waals surface area contributed by atoms with E-state index in [9.17, 15) is 13.2 Å². The maximum absolute atomic E-state index is 12.5. The molecule has 1 unspecified atom stereocenters. The van der Waals surface area contributed by atoms with Crippen LogP contribution in [0.15, 0.2) is 27.2 Å². The third-order valence-corrected chi connectivity index (χ3v) is 8.16. The summed E-state index contributed by atoms with van der Waals surface area (Å²) in [4.78, 5) is 15.5. The van der Waals surface area contributed by atoms with Crippen LogP contribution in [0, 0.1) is 18.3 Å². The molecule has 3 N–H and O–H groups in total. The number of aromatic amines is 1. The van der Waals surface area contributed by atoms with E-state index in [0.29, 0.717) is 30.6 Å². The molecule has 0 saturated carbocycles. The van der Waals surface area contributed by atoms with Crippen LogP contribution in [0.5, 0.6) is 0 Å². The zero-order valence-electron chi connectivity index (χ0n) is 18.7. The summed E-state index contributed by atoms with van der Waals surface area (Å²) in [6, 6.07) is 5.12. The highest BCUT2D eigenvalue weighted by molar-refractivity contribution is 7.89. The highest BCUT2D eigenvalue weighted by atomic mass is 32.3. The Kier molecular flexibility index (Phi) is 9.61. The van der Waals surface area contributed by atoms with E-state index >= 15 is 0 Å². The van der Waals surface area contributed by atoms with E-state index in [4.69, 9.17) is 9.59 Å². The molecule has 0 aliphatic rings. The van der Waals surface area contributed by atoms with Gasteiger partial charge in [0.1, 0.15) is 4.21 Å². The van der Waals surface area contributed by atoms with Gasteiger partial charge in [-0.15, -0.1) is 11.3 Å². The molecule has 0 radical (unpaired) electrons. The maximum atomic E-state index is 12.5. The van der Waals surface area contributed by atoms with E-state index < -0.39 is 10.1 Å². The van der Waals surface area contributed by atoms with Crippen LogP contribution < -0.4 is 10.9 Å². The summed E-state index contributed by atoms with van der Waals surface area (Å²) in [6.45, 7) is 9.23. The second kappa shape index (κ2) is 11.7. The summed E-state index contributed by atoms with van der Waals surface area (Å²) in [5.41, 5.74) is 2.84. The second-order valence-corrected chi connectivity index (χ2v) is 10.4. The third-order valence-electron chi connectivity index (χ3n) is 5.28. The van der Waals surface area contributed by atoms with Crippen molar-refractivity contribution in [2.45, 2.75) is 57.6 Å². The van der Waals surface area contributed by atoms with E-state index in [0.717, 1.165) is 46.9 Å². The number of rotatable bonds is 13. The van der Waals surface area contributed by atoms with Gasteiger partial charge in [-0.3, -0.25) is 8.98 Å². The molecule has 2 heterocycles. The topological polar surface area (TPSA) is 112 Å². The highest BCUT2D eigenvalue weighted by Gasteiger charge is 2.19. The van der Waals surface area contributed by atoms with Crippen LogP contribution in [0.4, 0.5) is 0 Å². The molecule has 2 aromatic heterocycles. The smallest absolute Gasteiger partial charge is 0.306 e. The monoisotopic (exact) mass is 467 g/mol. The number of nitrogens with one attached hydrogen (secondary N) is 3. The van der Waals surface area contributed by atoms with Gasteiger partial charge in [0.2, 0.25) is 0 Å². The van der Waals surface area contributed by atoms with Gasteiger partial charge in [-0.25, -0.2) is 0 Å². The normalized spacial score (nSPS) is 12.8. The maximum Gasteiger partial charge on any atom is 0.306 e. The zero-order valence-corrected chi connectivity index (χ0v) is 20.3. The molecule has 2 aromatic rings. The Labute approximate surface area is 188 Å². The molecule has 0 bridgehead atoms. The van der Waals surface area contributed by atoms with E-state index in [-0.39, 0.29) is 22.3 Å². The van der Waals surface area contributed by atoms with Gasteiger partial charge in [-0.1, -0.05) is 20.8 Å². The molecule has 0 fully saturated rings. The quantitative estimate of drug-likeness (QED) is 0.233. The number of hydrogen-bond donors (Lipinski definition) is 3. The molecule has 0 aliphatic carbocycles. The summed E-state index contributed by atoms with van der Waals surface area (Å²) in [7, 11) is -3.83. The molecule has 0 spiro atoms. The fourth-order valence-corrected chi connectivity index (χ4v) is 5.61. The largest absolute Gasteiger partial charge is 0.326 e. The zero-order chi connectivity index (χ0) is 23.0. The van der Waals surface area contributed by atoms with Gasteiger partial charge in [0.25, 0.3) is 5.56 Å². The average molecular weight is 468 g/mol. The lowest BCUT2D eigenvalue weighted by Gasteiger charge is -2.15. The molecule has 0 saturated heterocycles.